The summed E-state index contributed by atoms with van der Waals surface area (Å²) in [6.07, 6.45) is 1.40. The lowest BCUT2D eigenvalue weighted by molar-refractivity contribution is 0.0173. The summed E-state index contributed by atoms with van der Waals surface area (Å²) in [5.41, 5.74) is 2.91. The zero-order valence-electron chi connectivity index (χ0n) is 20.2. The van der Waals surface area contributed by atoms with E-state index in [1.807, 2.05) is 62.1 Å². The van der Waals surface area contributed by atoms with Crippen LogP contribution < -0.4 is 4.90 Å². The molecule has 0 bridgehead atoms. The van der Waals surface area contributed by atoms with Gasteiger partial charge in [0.15, 0.2) is 0 Å². The fraction of sp³-hybridized carbons (Fsp3) is 0.444. The zero-order valence-corrected chi connectivity index (χ0v) is 20.2. The third kappa shape index (κ3) is 5.33. The van der Waals surface area contributed by atoms with Gasteiger partial charge in [-0.2, -0.15) is 5.26 Å². The molecule has 3 amide bonds. The highest BCUT2D eigenvalue weighted by atomic mass is 16.6. The SMILES string of the molecule is CC(C)(C)OC(=O)N1CCC(CN2Cc3ccccc3N(Cc3ccccc3C#N)C2=O)CC1. The molecule has 2 heterocycles. The largest absolute Gasteiger partial charge is 0.444 e. The third-order valence-electron chi connectivity index (χ3n) is 6.36. The molecule has 178 valence electrons. The van der Waals surface area contributed by atoms with Gasteiger partial charge in [-0.1, -0.05) is 36.4 Å². The number of para-hydroxylation sites is 1. The number of benzene rings is 2. The van der Waals surface area contributed by atoms with Crippen molar-refractivity contribution in [3.05, 3.63) is 65.2 Å². The molecule has 0 aliphatic carbocycles. The highest BCUT2D eigenvalue weighted by Crippen LogP contribution is 2.32. The number of urea groups is 1. The van der Waals surface area contributed by atoms with Crippen LogP contribution in [0.5, 0.6) is 0 Å². The predicted molar refractivity (Wildman–Crippen MR) is 130 cm³/mol. The van der Waals surface area contributed by atoms with Crippen LogP contribution in [0.2, 0.25) is 0 Å². The lowest BCUT2D eigenvalue weighted by atomic mass is 9.95. The van der Waals surface area contributed by atoms with Crippen molar-refractivity contribution in [3.63, 3.8) is 0 Å². The Morgan fingerprint density at radius 2 is 1.76 bits per heavy atom. The minimum Gasteiger partial charge on any atom is -0.444 e. The molecule has 2 aromatic carbocycles. The van der Waals surface area contributed by atoms with Gasteiger partial charge < -0.3 is 14.5 Å². The van der Waals surface area contributed by atoms with E-state index in [1.54, 1.807) is 15.9 Å². The Morgan fingerprint density at radius 3 is 2.47 bits per heavy atom. The minimum absolute atomic E-state index is 0.0407. The third-order valence-corrected chi connectivity index (χ3v) is 6.36. The van der Waals surface area contributed by atoms with E-state index in [2.05, 4.69) is 12.1 Å². The molecule has 34 heavy (non-hydrogen) atoms. The summed E-state index contributed by atoms with van der Waals surface area (Å²) in [4.78, 5) is 31.4. The highest BCUT2D eigenvalue weighted by molar-refractivity contribution is 5.94. The number of carbonyl (C=O) groups excluding carboxylic acids is 2. The first-order valence-electron chi connectivity index (χ1n) is 11.9. The lowest BCUT2D eigenvalue weighted by Crippen LogP contribution is -2.50. The van der Waals surface area contributed by atoms with Gasteiger partial charge in [0.2, 0.25) is 0 Å². The van der Waals surface area contributed by atoms with Gasteiger partial charge in [0.05, 0.1) is 23.9 Å². The van der Waals surface area contributed by atoms with Crippen LogP contribution in [-0.4, -0.2) is 47.2 Å². The Labute approximate surface area is 201 Å². The molecule has 0 saturated carbocycles. The number of ether oxygens (including phenoxy) is 1. The van der Waals surface area contributed by atoms with Crippen molar-refractivity contribution in [2.75, 3.05) is 24.5 Å². The number of carbonyl (C=O) groups is 2. The molecule has 0 aromatic heterocycles. The lowest BCUT2D eigenvalue weighted by Gasteiger charge is -2.40. The summed E-state index contributed by atoms with van der Waals surface area (Å²) < 4.78 is 5.50. The average Bonchev–Trinajstić information content (AvgIpc) is 2.81. The maximum absolute atomic E-state index is 13.6. The first kappa shape index (κ1) is 23.6. The number of fused-ring (bicyclic) bond motifs is 1. The van der Waals surface area contributed by atoms with E-state index in [0.29, 0.717) is 44.2 Å². The molecule has 2 aliphatic rings. The Hall–Kier alpha value is -3.53. The van der Waals surface area contributed by atoms with Crippen LogP contribution in [0.4, 0.5) is 15.3 Å². The molecule has 4 rings (SSSR count). The number of amides is 3. The molecule has 2 aliphatic heterocycles. The van der Waals surface area contributed by atoms with Crippen molar-refractivity contribution in [2.24, 2.45) is 5.92 Å². The van der Waals surface area contributed by atoms with Crippen LogP contribution in [0.3, 0.4) is 0 Å². The standard InChI is InChI=1S/C27H32N4O3/c1-27(2,3)34-26(33)29-14-12-20(13-15-29)17-30-18-23-10-6-7-11-24(23)31(25(30)32)19-22-9-5-4-8-21(22)16-28/h4-11,20H,12-15,17-19H2,1-3H3. The van der Waals surface area contributed by atoms with Crippen LogP contribution >= 0.6 is 0 Å². The van der Waals surface area contributed by atoms with Crippen molar-refractivity contribution < 1.29 is 14.3 Å². The number of likely N-dealkylation sites (tertiary alicyclic amines) is 1. The van der Waals surface area contributed by atoms with Gasteiger partial charge in [-0.3, -0.25) is 4.90 Å². The van der Waals surface area contributed by atoms with E-state index in [9.17, 15) is 14.9 Å². The molecule has 0 spiro atoms. The average molecular weight is 461 g/mol. The van der Waals surface area contributed by atoms with E-state index < -0.39 is 5.60 Å². The molecule has 1 saturated heterocycles. The molecule has 7 nitrogen and oxygen atoms in total. The second-order valence-electron chi connectivity index (χ2n) is 10.1. The van der Waals surface area contributed by atoms with E-state index in [4.69, 9.17) is 4.74 Å². The number of piperidine rings is 1. The van der Waals surface area contributed by atoms with Gasteiger partial charge in [-0.25, -0.2) is 9.59 Å². The number of rotatable bonds is 4. The Kier molecular flexibility index (Phi) is 6.78. The summed E-state index contributed by atoms with van der Waals surface area (Å²) in [7, 11) is 0. The highest BCUT2D eigenvalue weighted by Gasteiger charge is 2.34. The summed E-state index contributed by atoms with van der Waals surface area (Å²) in [5, 5.41) is 9.50. The molecule has 7 heteroatoms. The number of anilines is 1. The second kappa shape index (κ2) is 9.76. The van der Waals surface area contributed by atoms with Crippen LogP contribution in [0, 0.1) is 17.2 Å². The topological polar surface area (TPSA) is 76.9 Å². The van der Waals surface area contributed by atoms with Gasteiger partial charge in [-0.05, 0) is 62.8 Å². The van der Waals surface area contributed by atoms with Gasteiger partial charge in [-0.15, -0.1) is 0 Å². The Balaban J connectivity index is 1.45. The molecule has 0 unspecified atom stereocenters. The maximum atomic E-state index is 13.6. The van der Waals surface area contributed by atoms with Crippen LogP contribution in [0.25, 0.3) is 0 Å². The number of hydrogen-bond donors (Lipinski definition) is 0. The van der Waals surface area contributed by atoms with E-state index in [1.165, 1.54) is 0 Å². The Bertz CT molecular complexity index is 1090. The van der Waals surface area contributed by atoms with Gasteiger partial charge >= 0.3 is 12.1 Å². The monoisotopic (exact) mass is 460 g/mol. The van der Waals surface area contributed by atoms with Crippen molar-refractivity contribution in [2.45, 2.75) is 52.3 Å². The van der Waals surface area contributed by atoms with Crippen molar-refractivity contribution >= 4 is 17.8 Å². The summed E-state index contributed by atoms with van der Waals surface area (Å²) >= 11 is 0. The van der Waals surface area contributed by atoms with E-state index in [0.717, 1.165) is 29.7 Å². The molecular formula is C27H32N4O3. The molecule has 2 aromatic rings. The molecule has 0 N–H and O–H groups in total. The van der Waals surface area contributed by atoms with Gasteiger partial charge in [0.1, 0.15) is 5.60 Å². The molecule has 0 radical (unpaired) electrons. The zero-order chi connectivity index (χ0) is 24.3. The molecular weight excluding hydrogens is 428 g/mol. The maximum Gasteiger partial charge on any atom is 0.410 e. The number of hydrogen-bond acceptors (Lipinski definition) is 4. The fourth-order valence-corrected chi connectivity index (χ4v) is 4.62. The van der Waals surface area contributed by atoms with Gasteiger partial charge in [0, 0.05) is 26.2 Å². The first-order valence-corrected chi connectivity index (χ1v) is 11.9. The van der Waals surface area contributed by atoms with Crippen molar-refractivity contribution in [1.82, 2.24) is 9.80 Å². The Morgan fingerprint density at radius 1 is 1.09 bits per heavy atom. The quantitative estimate of drug-likeness (QED) is 0.632. The predicted octanol–water partition coefficient (Wildman–Crippen LogP) is 5.15. The minimum atomic E-state index is -0.505. The fourth-order valence-electron chi connectivity index (χ4n) is 4.62. The smallest absolute Gasteiger partial charge is 0.410 e. The second-order valence-corrected chi connectivity index (χ2v) is 10.1. The van der Waals surface area contributed by atoms with Crippen LogP contribution in [0.1, 0.15) is 50.3 Å². The molecule has 0 atom stereocenters. The van der Waals surface area contributed by atoms with Crippen molar-refractivity contribution in [1.29, 1.82) is 5.26 Å². The van der Waals surface area contributed by atoms with Gasteiger partial charge in [0.25, 0.3) is 0 Å². The normalized spacial score (nSPS) is 16.8. The first-order chi connectivity index (χ1) is 16.2. The van der Waals surface area contributed by atoms with Crippen LogP contribution in [0.15, 0.2) is 48.5 Å². The number of nitriles is 1. The van der Waals surface area contributed by atoms with E-state index >= 15 is 0 Å². The van der Waals surface area contributed by atoms with E-state index in [-0.39, 0.29) is 12.1 Å². The molecule has 1 fully saturated rings. The summed E-state index contributed by atoms with van der Waals surface area (Å²) in [5.74, 6) is 0.321. The van der Waals surface area contributed by atoms with Crippen molar-refractivity contribution in [3.8, 4) is 6.07 Å². The summed E-state index contributed by atoms with van der Waals surface area (Å²) in [6.45, 7) is 8.46. The summed E-state index contributed by atoms with van der Waals surface area (Å²) in [6, 6.07) is 17.6. The van der Waals surface area contributed by atoms with Crippen LogP contribution in [-0.2, 0) is 17.8 Å². The number of nitrogens with zero attached hydrogens (tertiary/aromatic N) is 4.